The molecule has 1 aromatic carbocycles. The minimum Gasteiger partial charge on any atom is -0.478 e. The lowest BCUT2D eigenvalue weighted by molar-refractivity contribution is 0.0696. The van der Waals surface area contributed by atoms with E-state index in [0.717, 1.165) is 34.4 Å². The number of aromatic nitrogens is 1. The number of aromatic carboxylic acids is 1. The Morgan fingerprint density at radius 1 is 1.23 bits per heavy atom. The molecule has 0 aliphatic heterocycles. The molecule has 138 valence electrons. The fourth-order valence-corrected chi connectivity index (χ4v) is 4.78. The average Bonchev–Trinajstić information content (AvgIpc) is 3.04. The first kappa shape index (κ1) is 18.5. The molecule has 6 nitrogen and oxygen atoms in total. The monoisotopic (exact) mass is 374 g/mol. The van der Waals surface area contributed by atoms with Crippen LogP contribution in [0.3, 0.4) is 0 Å². The van der Waals surface area contributed by atoms with Crippen LogP contribution in [-0.4, -0.2) is 31.0 Å². The number of pyridine rings is 1. The van der Waals surface area contributed by atoms with E-state index >= 15 is 0 Å². The van der Waals surface area contributed by atoms with Crippen molar-refractivity contribution >= 4 is 16.0 Å². The molecule has 1 heterocycles. The van der Waals surface area contributed by atoms with Crippen LogP contribution in [0.25, 0.3) is 0 Å². The Labute approximate surface area is 153 Å². The molecule has 0 spiro atoms. The maximum atomic E-state index is 12.8. The smallest absolute Gasteiger partial charge is 0.335 e. The summed E-state index contributed by atoms with van der Waals surface area (Å²) in [5.74, 6) is -1.12. The molecule has 26 heavy (non-hydrogen) atoms. The lowest BCUT2D eigenvalue weighted by Gasteiger charge is -2.13. The molecule has 2 aromatic rings. The highest BCUT2D eigenvalue weighted by molar-refractivity contribution is 7.89. The van der Waals surface area contributed by atoms with E-state index in [1.807, 2.05) is 19.9 Å². The molecular formula is C19H22N2O4S. The Morgan fingerprint density at radius 2 is 2.00 bits per heavy atom. The van der Waals surface area contributed by atoms with Crippen molar-refractivity contribution in [2.24, 2.45) is 0 Å². The Morgan fingerprint density at radius 3 is 2.69 bits per heavy atom. The van der Waals surface area contributed by atoms with Crippen molar-refractivity contribution in [1.82, 2.24) is 9.71 Å². The third-order valence-corrected chi connectivity index (χ3v) is 6.22. The Kier molecular flexibility index (Phi) is 5.11. The average molecular weight is 374 g/mol. The number of carbonyl (C=O) groups is 1. The summed E-state index contributed by atoms with van der Waals surface area (Å²) in [6.07, 6.45) is 4.45. The molecule has 0 saturated carbocycles. The molecule has 0 saturated heterocycles. The Bertz CT molecular complexity index is 968. The normalized spacial score (nSPS) is 13.6. The van der Waals surface area contributed by atoms with Gasteiger partial charge in [0.2, 0.25) is 10.0 Å². The third kappa shape index (κ3) is 3.78. The van der Waals surface area contributed by atoms with E-state index in [0.29, 0.717) is 19.3 Å². The standard InChI is InChI=1S/C19H22N2O4S/c1-12-8-13(2)17(20-11-12)6-7-21-26(24,25)18-10-15(19(22)23)9-14-4-3-5-16(14)18/h8-11,21H,3-7H2,1-2H3,(H,22,23). The number of nitrogens with zero attached hydrogens (tertiary/aromatic N) is 1. The van der Waals surface area contributed by atoms with E-state index in [4.69, 9.17) is 0 Å². The number of aryl methyl sites for hydroxylation is 3. The first-order valence-corrected chi connectivity index (χ1v) is 10.1. The predicted molar refractivity (Wildman–Crippen MR) is 98.0 cm³/mol. The Hall–Kier alpha value is -2.25. The molecule has 0 radical (unpaired) electrons. The SMILES string of the molecule is Cc1cnc(CCNS(=O)(=O)c2cc(C(=O)O)cc3c2CCC3)c(C)c1. The first-order chi connectivity index (χ1) is 12.3. The number of benzene rings is 1. The molecule has 0 amide bonds. The van der Waals surface area contributed by atoms with Gasteiger partial charge in [0.25, 0.3) is 0 Å². The van der Waals surface area contributed by atoms with E-state index in [1.54, 1.807) is 12.3 Å². The number of carboxylic acids is 1. The minimum absolute atomic E-state index is 0.0158. The summed E-state index contributed by atoms with van der Waals surface area (Å²) in [5.41, 5.74) is 4.52. The summed E-state index contributed by atoms with van der Waals surface area (Å²) in [5, 5.41) is 9.26. The van der Waals surface area contributed by atoms with Crippen LogP contribution in [0.2, 0.25) is 0 Å². The molecule has 7 heteroatoms. The first-order valence-electron chi connectivity index (χ1n) is 8.59. The van der Waals surface area contributed by atoms with Gasteiger partial charge in [0, 0.05) is 24.9 Å². The zero-order valence-electron chi connectivity index (χ0n) is 14.9. The highest BCUT2D eigenvalue weighted by atomic mass is 32.2. The number of nitrogens with one attached hydrogen (secondary N) is 1. The van der Waals surface area contributed by atoms with Gasteiger partial charge in [-0.15, -0.1) is 0 Å². The van der Waals surface area contributed by atoms with Gasteiger partial charge in [0.05, 0.1) is 10.5 Å². The minimum atomic E-state index is -3.77. The number of rotatable bonds is 6. The van der Waals surface area contributed by atoms with Gasteiger partial charge in [-0.05, 0) is 67.5 Å². The van der Waals surface area contributed by atoms with Crippen LogP contribution in [0.5, 0.6) is 0 Å². The van der Waals surface area contributed by atoms with Gasteiger partial charge in [0.15, 0.2) is 0 Å². The summed E-state index contributed by atoms with van der Waals surface area (Å²) in [7, 11) is -3.77. The maximum Gasteiger partial charge on any atom is 0.335 e. The summed E-state index contributed by atoms with van der Waals surface area (Å²) in [4.78, 5) is 15.8. The maximum absolute atomic E-state index is 12.8. The summed E-state index contributed by atoms with van der Waals surface area (Å²) >= 11 is 0. The topological polar surface area (TPSA) is 96.4 Å². The van der Waals surface area contributed by atoms with Crippen molar-refractivity contribution in [2.45, 2.75) is 44.4 Å². The second-order valence-electron chi connectivity index (χ2n) is 6.69. The zero-order chi connectivity index (χ0) is 18.9. The van der Waals surface area contributed by atoms with Gasteiger partial charge >= 0.3 is 5.97 Å². The van der Waals surface area contributed by atoms with E-state index in [2.05, 4.69) is 9.71 Å². The van der Waals surface area contributed by atoms with Crippen molar-refractivity contribution in [3.05, 3.63) is 57.9 Å². The molecule has 1 aromatic heterocycles. The lowest BCUT2D eigenvalue weighted by Crippen LogP contribution is -2.27. The number of hydrogen-bond donors (Lipinski definition) is 2. The molecule has 0 atom stereocenters. The van der Waals surface area contributed by atoms with Crippen LogP contribution >= 0.6 is 0 Å². The summed E-state index contributed by atoms with van der Waals surface area (Å²) in [6, 6.07) is 4.87. The molecule has 0 fully saturated rings. The van der Waals surface area contributed by atoms with Crippen LogP contribution in [0.4, 0.5) is 0 Å². The number of fused-ring (bicyclic) bond motifs is 1. The summed E-state index contributed by atoms with van der Waals surface area (Å²) < 4.78 is 28.1. The van der Waals surface area contributed by atoms with Crippen molar-refractivity contribution in [2.75, 3.05) is 6.54 Å². The van der Waals surface area contributed by atoms with Crippen molar-refractivity contribution in [1.29, 1.82) is 0 Å². The second kappa shape index (κ2) is 7.17. The number of hydrogen-bond acceptors (Lipinski definition) is 4. The largest absolute Gasteiger partial charge is 0.478 e. The molecule has 2 N–H and O–H groups in total. The second-order valence-corrected chi connectivity index (χ2v) is 8.43. The van der Waals surface area contributed by atoms with Crippen LogP contribution in [0.1, 0.15) is 44.7 Å². The molecule has 1 aliphatic carbocycles. The zero-order valence-corrected chi connectivity index (χ0v) is 15.7. The highest BCUT2D eigenvalue weighted by Crippen LogP contribution is 2.30. The van der Waals surface area contributed by atoms with E-state index < -0.39 is 16.0 Å². The fourth-order valence-electron chi connectivity index (χ4n) is 3.42. The molecule has 1 aliphatic rings. The van der Waals surface area contributed by atoms with Crippen LogP contribution in [-0.2, 0) is 29.3 Å². The van der Waals surface area contributed by atoms with Crippen LogP contribution < -0.4 is 4.72 Å². The lowest BCUT2D eigenvalue weighted by atomic mass is 10.1. The van der Waals surface area contributed by atoms with Gasteiger partial charge in [0.1, 0.15) is 0 Å². The number of sulfonamides is 1. The van der Waals surface area contributed by atoms with Crippen molar-refractivity contribution < 1.29 is 18.3 Å². The van der Waals surface area contributed by atoms with Crippen LogP contribution in [0, 0.1) is 13.8 Å². The van der Waals surface area contributed by atoms with Crippen LogP contribution in [0.15, 0.2) is 29.3 Å². The van der Waals surface area contributed by atoms with Gasteiger partial charge < -0.3 is 5.11 Å². The molecular weight excluding hydrogens is 352 g/mol. The van der Waals surface area contributed by atoms with Gasteiger partial charge in [-0.25, -0.2) is 17.9 Å². The fraction of sp³-hybridized carbons (Fsp3) is 0.368. The number of carboxylic acid groups (broad SMARTS) is 1. The predicted octanol–water partition coefficient (Wildman–Crippen LogP) is 2.41. The molecule has 3 rings (SSSR count). The quantitative estimate of drug-likeness (QED) is 0.809. The molecule has 0 unspecified atom stereocenters. The van der Waals surface area contributed by atoms with Crippen molar-refractivity contribution in [3.63, 3.8) is 0 Å². The van der Waals surface area contributed by atoms with Gasteiger partial charge in [-0.2, -0.15) is 0 Å². The highest BCUT2D eigenvalue weighted by Gasteiger charge is 2.26. The summed E-state index contributed by atoms with van der Waals surface area (Å²) in [6.45, 7) is 4.13. The van der Waals surface area contributed by atoms with Gasteiger partial charge in [-0.3, -0.25) is 4.98 Å². The third-order valence-electron chi connectivity index (χ3n) is 4.69. The Balaban J connectivity index is 1.81. The van der Waals surface area contributed by atoms with E-state index in [-0.39, 0.29) is 17.0 Å². The van der Waals surface area contributed by atoms with E-state index in [1.165, 1.54) is 6.07 Å². The van der Waals surface area contributed by atoms with E-state index in [9.17, 15) is 18.3 Å². The van der Waals surface area contributed by atoms with Gasteiger partial charge in [-0.1, -0.05) is 6.07 Å². The molecule has 0 bridgehead atoms. The van der Waals surface area contributed by atoms with Crippen molar-refractivity contribution in [3.8, 4) is 0 Å².